The van der Waals surface area contributed by atoms with Crippen LogP contribution < -0.4 is 4.74 Å². The van der Waals surface area contributed by atoms with Crippen molar-refractivity contribution in [2.45, 2.75) is 13.0 Å². The maximum Gasteiger partial charge on any atom is 0.120 e. The van der Waals surface area contributed by atoms with Crippen LogP contribution in [0.15, 0.2) is 35.2 Å². The first-order valence-corrected chi connectivity index (χ1v) is 7.41. The molecule has 0 bridgehead atoms. The predicted octanol–water partition coefficient (Wildman–Crippen LogP) is 2.92. The van der Waals surface area contributed by atoms with Crippen LogP contribution in [0.1, 0.15) is 17.7 Å². The fraction of sp³-hybridized carbons (Fsp3) is 0.333. The number of thiazole rings is 1. The second kappa shape index (κ2) is 7.63. The summed E-state index contributed by atoms with van der Waals surface area (Å²) in [6, 6.07) is 9.35. The molecule has 0 aliphatic carbocycles. The molecule has 20 heavy (non-hydrogen) atoms. The Kier molecular flexibility index (Phi) is 5.54. The van der Waals surface area contributed by atoms with E-state index in [1.54, 1.807) is 23.5 Å². The standard InChI is InChI=1S/C15H17N3OS/c1-18(10-14-11-20-12-17-14)6-3-7-19-15-5-2-4-13(8-15)9-16/h2,4-5,8,11-12H,3,6-7,10H2,1H3. The van der Waals surface area contributed by atoms with Crippen molar-refractivity contribution >= 4 is 11.3 Å². The van der Waals surface area contributed by atoms with Gasteiger partial charge in [-0.2, -0.15) is 5.26 Å². The van der Waals surface area contributed by atoms with Gasteiger partial charge in [0, 0.05) is 18.5 Å². The van der Waals surface area contributed by atoms with Crippen LogP contribution in [0.2, 0.25) is 0 Å². The first-order chi connectivity index (χ1) is 9.78. The van der Waals surface area contributed by atoms with Gasteiger partial charge >= 0.3 is 0 Å². The fourth-order valence-electron chi connectivity index (χ4n) is 1.85. The average Bonchev–Trinajstić information content (AvgIpc) is 2.97. The van der Waals surface area contributed by atoms with Crippen molar-refractivity contribution in [3.05, 3.63) is 46.4 Å². The lowest BCUT2D eigenvalue weighted by Crippen LogP contribution is -2.20. The van der Waals surface area contributed by atoms with Crippen LogP contribution in [0.5, 0.6) is 5.75 Å². The molecule has 0 radical (unpaired) electrons. The Hall–Kier alpha value is -1.90. The topological polar surface area (TPSA) is 49.1 Å². The van der Waals surface area contributed by atoms with E-state index in [1.807, 2.05) is 17.6 Å². The van der Waals surface area contributed by atoms with Gasteiger partial charge in [0.1, 0.15) is 5.75 Å². The van der Waals surface area contributed by atoms with Gasteiger partial charge in [0.25, 0.3) is 0 Å². The molecule has 0 saturated heterocycles. The number of aromatic nitrogens is 1. The number of rotatable bonds is 7. The molecule has 1 aromatic carbocycles. The van der Waals surface area contributed by atoms with E-state index in [2.05, 4.69) is 28.4 Å². The monoisotopic (exact) mass is 287 g/mol. The summed E-state index contributed by atoms with van der Waals surface area (Å²) in [5.74, 6) is 0.756. The third kappa shape index (κ3) is 4.65. The first-order valence-electron chi connectivity index (χ1n) is 6.46. The molecule has 0 aliphatic heterocycles. The van der Waals surface area contributed by atoms with E-state index in [-0.39, 0.29) is 0 Å². The molecule has 0 saturated carbocycles. The molecule has 2 rings (SSSR count). The summed E-state index contributed by atoms with van der Waals surface area (Å²) in [7, 11) is 2.08. The molecule has 4 nitrogen and oxygen atoms in total. The van der Waals surface area contributed by atoms with E-state index in [0.717, 1.165) is 31.0 Å². The number of hydrogen-bond acceptors (Lipinski definition) is 5. The summed E-state index contributed by atoms with van der Waals surface area (Å²) in [5, 5.41) is 10.9. The van der Waals surface area contributed by atoms with Crippen LogP contribution in [0, 0.1) is 11.3 Å². The Morgan fingerprint density at radius 2 is 2.35 bits per heavy atom. The average molecular weight is 287 g/mol. The molecule has 0 aliphatic rings. The largest absolute Gasteiger partial charge is 0.494 e. The number of ether oxygens (including phenoxy) is 1. The number of benzene rings is 1. The maximum atomic E-state index is 8.81. The van der Waals surface area contributed by atoms with Gasteiger partial charge in [-0.1, -0.05) is 6.07 Å². The summed E-state index contributed by atoms with van der Waals surface area (Å²) < 4.78 is 5.64. The van der Waals surface area contributed by atoms with Gasteiger partial charge in [0.2, 0.25) is 0 Å². The van der Waals surface area contributed by atoms with Crippen LogP contribution in [-0.2, 0) is 6.54 Å². The summed E-state index contributed by atoms with van der Waals surface area (Å²) in [6.45, 7) is 2.47. The lowest BCUT2D eigenvalue weighted by atomic mass is 10.2. The van der Waals surface area contributed by atoms with Gasteiger partial charge in [-0.3, -0.25) is 0 Å². The summed E-state index contributed by atoms with van der Waals surface area (Å²) in [4.78, 5) is 6.49. The van der Waals surface area contributed by atoms with Gasteiger partial charge in [-0.25, -0.2) is 4.98 Å². The van der Waals surface area contributed by atoms with E-state index in [9.17, 15) is 0 Å². The summed E-state index contributed by atoms with van der Waals surface area (Å²) >= 11 is 1.62. The van der Waals surface area contributed by atoms with Crippen LogP contribution in [-0.4, -0.2) is 30.1 Å². The van der Waals surface area contributed by atoms with Crippen molar-refractivity contribution in [2.75, 3.05) is 20.2 Å². The number of nitriles is 1. The van der Waals surface area contributed by atoms with Crippen molar-refractivity contribution in [1.29, 1.82) is 5.26 Å². The zero-order valence-electron chi connectivity index (χ0n) is 11.5. The fourth-order valence-corrected chi connectivity index (χ4v) is 2.40. The number of hydrogen-bond donors (Lipinski definition) is 0. The maximum absolute atomic E-state index is 8.81. The van der Waals surface area contributed by atoms with Crippen molar-refractivity contribution in [3.63, 3.8) is 0 Å². The van der Waals surface area contributed by atoms with E-state index in [4.69, 9.17) is 10.00 Å². The molecule has 0 amide bonds. The highest BCUT2D eigenvalue weighted by Gasteiger charge is 2.02. The van der Waals surface area contributed by atoms with Crippen LogP contribution in [0.3, 0.4) is 0 Å². The molecule has 2 aromatic rings. The highest BCUT2D eigenvalue weighted by molar-refractivity contribution is 7.07. The van der Waals surface area contributed by atoms with Crippen LogP contribution in [0.25, 0.3) is 0 Å². The van der Waals surface area contributed by atoms with Gasteiger partial charge in [-0.15, -0.1) is 11.3 Å². The quantitative estimate of drug-likeness (QED) is 0.735. The predicted molar refractivity (Wildman–Crippen MR) is 79.7 cm³/mol. The molecular weight excluding hydrogens is 270 g/mol. The Morgan fingerprint density at radius 3 is 3.10 bits per heavy atom. The van der Waals surface area contributed by atoms with Crippen molar-refractivity contribution in [2.24, 2.45) is 0 Å². The first kappa shape index (κ1) is 14.5. The zero-order chi connectivity index (χ0) is 14.2. The van der Waals surface area contributed by atoms with E-state index in [1.165, 1.54) is 0 Å². The minimum Gasteiger partial charge on any atom is -0.494 e. The lowest BCUT2D eigenvalue weighted by molar-refractivity contribution is 0.257. The molecule has 0 atom stereocenters. The van der Waals surface area contributed by atoms with E-state index in [0.29, 0.717) is 12.2 Å². The smallest absolute Gasteiger partial charge is 0.120 e. The molecular formula is C15H17N3OS. The van der Waals surface area contributed by atoms with Gasteiger partial charge < -0.3 is 9.64 Å². The van der Waals surface area contributed by atoms with Crippen molar-refractivity contribution < 1.29 is 4.74 Å². The van der Waals surface area contributed by atoms with Crippen LogP contribution >= 0.6 is 11.3 Å². The molecule has 104 valence electrons. The number of nitrogens with zero attached hydrogens (tertiary/aromatic N) is 3. The normalized spacial score (nSPS) is 10.4. The van der Waals surface area contributed by atoms with Crippen molar-refractivity contribution in [3.8, 4) is 11.8 Å². The third-order valence-corrected chi connectivity index (χ3v) is 3.47. The summed E-state index contributed by atoms with van der Waals surface area (Å²) in [5.41, 5.74) is 3.59. The van der Waals surface area contributed by atoms with Gasteiger partial charge in [-0.05, 0) is 31.7 Å². The third-order valence-electron chi connectivity index (χ3n) is 2.83. The second-order valence-corrected chi connectivity index (χ2v) is 5.28. The highest BCUT2D eigenvalue weighted by Crippen LogP contribution is 2.12. The minimum atomic E-state index is 0.628. The van der Waals surface area contributed by atoms with Crippen LogP contribution in [0.4, 0.5) is 0 Å². The van der Waals surface area contributed by atoms with Gasteiger partial charge in [0.05, 0.1) is 29.4 Å². The molecule has 1 heterocycles. The van der Waals surface area contributed by atoms with Gasteiger partial charge in [0.15, 0.2) is 0 Å². The Morgan fingerprint density at radius 1 is 1.45 bits per heavy atom. The Balaban J connectivity index is 1.67. The van der Waals surface area contributed by atoms with E-state index < -0.39 is 0 Å². The van der Waals surface area contributed by atoms with E-state index >= 15 is 0 Å². The lowest BCUT2D eigenvalue weighted by Gasteiger charge is -2.15. The minimum absolute atomic E-state index is 0.628. The SMILES string of the molecule is CN(CCCOc1cccc(C#N)c1)Cc1cscn1. The molecule has 0 N–H and O–H groups in total. The molecule has 0 unspecified atom stereocenters. The van der Waals surface area contributed by atoms with Crippen molar-refractivity contribution in [1.82, 2.24) is 9.88 Å². The molecule has 1 aromatic heterocycles. The Labute approximate surface area is 123 Å². The zero-order valence-corrected chi connectivity index (χ0v) is 12.3. The summed E-state index contributed by atoms with van der Waals surface area (Å²) in [6.07, 6.45) is 0.942. The molecule has 0 spiro atoms. The molecule has 5 heteroatoms. The second-order valence-electron chi connectivity index (χ2n) is 4.56. The Bertz CT molecular complexity index is 563. The molecule has 0 fully saturated rings. The highest BCUT2D eigenvalue weighted by atomic mass is 32.1.